The summed E-state index contributed by atoms with van der Waals surface area (Å²) in [5.74, 6) is 0.830. The lowest BCUT2D eigenvalue weighted by atomic mass is 10.1. The van der Waals surface area contributed by atoms with Crippen LogP contribution in [-0.4, -0.2) is 31.1 Å². The monoisotopic (exact) mass is 208 g/mol. The molecule has 2 heterocycles. The van der Waals surface area contributed by atoms with Crippen LogP contribution in [0, 0.1) is 5.92 Å². The molecule has 15 heavy (non-hydrogen) atoms. The molecule has 0 radical (unpaired) electrons. The van der Waals surface area contributed by atoms with Crippen molar-refractivity contribution in [1.82, 2.24) is 10.2 Å². The van der Waals surface area contributed by atoms with Crippen molar-refractivity contribution in [1.29, 1.82) is 0 Å². The van der Waals surface area contributed by atoms with Crippen LogP contribution in [0.2, 0.25) is 0 Å². The van der Waals surface area contributed by atoms with Crippen molar-refractivity contribution >= 4 is 0 Å². The minimum absolute atomic E-state index is 0.830. The molecule has 0 aromatic carbocycles. The van der Waals surface area contributed by atoms with E-state index in [9.17, 15) is 0 Å². The normalized spacial score (nSPS) is 22.3. The van der Waals surface area contributed by atoms with Crippen LogP contribution < -0.4 is 5.32 Å². The molecular formula is C12H20N2O. The molecule has 0 saturated carbocycles. The molecule has 1 aromatic rings. The molecule has 1 fully saturated rings. The largest absolute Gasteiger partial charge is 0.472 e. The van der Waals surface area contributed by atoms with E-state index in [1.54, 1.807) is 6.26 Å². The molecule has 1 aliphatic heterocycles. The molecule has 84 valence electrons. The molecule has 1 atom stereocenters. The number of hydrogen-bond donors (Lipinski definition) is 1. The number of rotatable bonds is 5. The smallest absolute Gasteiger partial charge is 0.0947 e. The Morgan fingerprint density at radius 2 is 2.53 bits per heavy atom. The van der Waals surface area contributed by atoms with Crippen LogP contribution in [0.3, 0.4) is 0 Å². The number of nitrogens with zero attached hydrogens (tertiary/aromatic N) is 1. The van der Waals surface area contributed by atoms with Gasteiger partial charge in [-0.2, -0.15) is 0 Å². The van der Waals surface area contributed by atoms with Crippen LogP contribution in [0.4, 0.5) is 0 Å². The van der Waals surface area contributed by atoms with Crippen LogP contribution in [0.15, 0.2) is 23.0 Å². The second-order valence-corrected chi connectivity index (χ2v) is 4.33. The number of nitrogens with one attached hydrogen (secondary N) is 1. The van der Waals surface area contributed by atoms with Gasteiger partial charge in [0.25, 0.3) is 0 Å². The molecule has 0 amide bonds. The van der Waals surface area contributed by atoms with Gasteiger partial charge in [0.15, 0.2) is 0 Å². The molecule has 1 N–H and O–H groups in total. The van der Waals surface area contributed by atoms with Crippen molar-refractivity contribution in [2.75, 3.05) is 26.2 Å². The molecule has 1 unspecified atom stereocenters. The van der Waals surface area contributed by atoms with Crippen molar-refractivity contribution in [3.8, 4) is 0 Å². The van der Waals surface area contributed by atoms with Crippen molar-refractivity contribution < 1.29 is 4.42 Å². The fourth-order valence-corrected chi connectivity index (χ4v) is 2.21. The molecule has 0 aliphatic carbocycles. The summed E-state index contributed by atoms with van der Waals surface area (Å²) in [7, 11) is 0. The Morgan fingerprint density at radius 3 is 3.27 bits per heavy atom. The second kappa shape index (κ2) is 5.33. The van der Waals surface area contributed by atoms with Gasteiger partial charge < -0.3 is 9.73 Å². The molecular weight excluding hydrogens is 188 g/mol. The van der Waals surface area contributed by atoms with E-state index in [0.717, 1.165) is 19.0 Å². The van der Waals surface area contributed by atoms with E-state index in [-0.39, 0.29) is 0 Å². The quantitative estimate of drug-likeness (QED) is 0.798. The van der Waals surface area contributed by atoms with E-state index in [4.69, 9.17) is 4.42 Å². The summed E-state index contributed by atoms with van der Waals surface area (Å²) >= 11 is 0. The maximum atomic E-state index is 5.08. The Kier molecular flexibility index (Phi) is 3.80. The summed E-state index contributed by atoms with van der Waals surface area (Å²) in [5.41, 5.74) is 1.29. The number of hydrogen-bond acceptors (Lipinski definition) is 3. The fourth-order valence-electron chi connectivity index (χ4n) is 2.21. The average molecular weight is 208 g/mol. The molecule has 0 bridgehead atoms. The molecule has 1 aliphatic rings. The van der Waals surface area contributed by atoms with Crippen LogP contribution in [0.5, 0.6) is 0 Å². The summed E-state index contributed by atoms with van der Waals surface area (Å²) in [4.78, 5) is 2.51. The maximum Gasteiger partial charge on any atom is 0.0947 e. The third-order valence-electron chi connectivity index (χ3n) is 3.04. The first-order valence-corrected chi connectivity index (χ1v) is 5.82. The highest BCUT2D eigenvalue weighted by atomic mass is 16.3. The predicted octanol–water partition coefficient (Wildman–Crippen LogP) is 1.71. The molecule has 2 rings (SSSR count). The van der Waals surface area contributed by atoms with Crippen molar-refractivity contribution in [2.24, 2.45) is 5.92 Å². The van der Waals surface area contributed by atoms with Crippen LogP contribution >= 0.6 is 0 Å². The van der Waals surface area contributed by atoms with Gasteiger partial charge in [-0.25, -0.2) is 0 Å². The summed E-state index contributed by atoms with van der Waals surface area (Å²) in [6, 6.07) is 2.05. The highest BCUT2D eigenvalue weighted by Crippen LogP contribution is 2.18. The van der Waals surface area contributed by atoms with Gasteiger partial charge in [-0.15, -0.1) is 0 Å². The van der Waals surface area contributed by atoms with Gasteiger partial charge in [0.1, 0.15) is 0 Å². The standard InChI is InChI=1S/C12H20N2O/c1-2-13-7-11-3-5-14(8-11)9-12-4-6-15-10-12/h4,6,10-11,13H,2-3,5,7-9H2,1H3. The Balaban J connectivity index is 1.73. The van der Waals surface area contributed by atoms with Crippen LogP contribution in [0.1, 0.15) is 18.9 Å². The van der Waals surface area contributed by atoms with Gasteiger partial charge in [0, 0.05) is 18.7 Å². The van der Waals surface area contributed by atoms with Crippen LogP contribution in [-0.2, 0) is 6.54 Å². The lowest BCUT2D eigenvalue weighted by Crippen LogP contribution is -2.26. The molecule has 1 saturated heterocycles. The third kappa shape index (κ3) is 3.08. The van der Waals surface area contributed by atoms with Gasteiger partial charge in [0.05, 0.1) is 12.5 Å². The zero-order valence-electron chi connectivity index (χ0n) is 9.41. The molecule has 1 aromatic heterocycles. The summed E-state index contributed by atoms with van der Waals surface area (Å²) in [6.07, 6.45) is 4.92. The zero-order chi connectivity index (χ0) is 10.5. The Labute approximate surface area is 91.4 Å². The van der Waals surface area contributed by atoms with Gasteiger partial charge in [0.2, 0.25) is 0 Å². The van der Waals surface area contributed by atoms with E-state index in [2.05, 4.69) is 23.2 Å². The summed E-state index contributed by atoms with van der Waals surface area (Å²) in [6.45, 7) is 7.90. The van der Waals surface area contributed by atoms with Gasteiger partial charge in [-0.3, -0.25) is 4.90 Å². The van der Waals surface area contributed by atoms with Crippen molar-refractivity contribution in [2.45, 2.75) is 19.9 Å². The molecule has 0 spiro atoms. The molecule has 3 heteroatoms. The Morgan fingerprint density at radius 1 is 1.60 bits per heavy atom. The van der Waals surface area contributed by atoms with Gasteiger partial charge in [-0.05, 0) is 38.0 Å². The SMILES string of the molecule is CCNCC1CCN(Cc2ccoc2)C1. The maximum absolute atomic E-state index is 5.08. The van der Waals surface area contributed by atoms with E-state index < -0.39 is 0 Å². The minimum atomic E-state index is 0.830. The van der Waals surface area contributed by atoms with Gasteiger partial charge in [-0.1, -0.05) is 6.92 Å². The van der Waals surface area contributed by atoms with Crippen molar-refractivity contribution in [3.63, 3.8) is 0 Å². The van der Waals surface area contributed by atoms with E-state index in [1.165, 1.54) is 31.6 Å². The first-order valence-electron chi connectivity index (χ1n) is 5.82. The minimum Gasteiger partial charge on any atom is -0.472 e. The average Bonchev–Trinajstić information content (AvgIpc) is 2.87. The Bertz CT molecular complexity index is 271. The number of likely N-dealkylation sites (tertiary alicyclic amines) is 1. The first-order chi connectivity index (χ1) is 7.38. The lowest BCUT2D eigenvalue weighted by Gasteiger charge is -2.14. The topological polar surface area (TPSA) is 28.4 Å². The third-order valence-corrected chi connectivity index (χ3v) is 3.04. The second-order valence-electron chi connectivity index (χ2n) is 4.33. The lowest BCUT2D eigenvalue weighted by molar-refractivity contribution is 0.313. The fraction of sp³-hybridized carbons (Fsp3) is 0.667. The first kappa shape index (κ1) is 10.7. The van der Waals surface area contributed by atoms with Gasteiger partial charge >= 0.3 is 0 Å². The van der Waals surface area contributed by atoms with E-state index >= 15 is 0 Å². The molecule has 3 nitrogen and oxygen atoms in total. The number of furan rings is 1. The van der Waals surface area contributed by atoms with Crippen molar-refractivity contribution in [3.05, 3.63) is 24.2 Å². The van der Waals surface area contributed by atoms with E-state index in [0.29, 0.717) is 0 Å². The van der Waals surface area contributed by atoms with Crippen LogP contribution in [0.25, 0.3) is 0 Å². The summed E-state index contributed by atoms with van der Waals surface area (Å²) in [5, 5.41) is 3.42. The predicted molar refractivity (Wildman–Crippen MR) is 60.6 cm³/mol. The summed E-state index contributed by atoms with van der Waals surface area (Å²) < 4.78 is 5.08. The highest BCUT2D eigenvalue weighted by molar-refractivity contribution is 5.05. The van der Waals surface area contributed by atoms with E-state index in [1.807, 2.05) is 6.26 Å². The highest BCUT2D eigenvalue weighted by Gasteiger charge is 2.21. The zero-order valence-corrected chi connectivity index (χ0v) is 9.41. The Hall–Kier alpha value is -0.800.